The second-order valence-corrected chi connectivity index (χ2v) is 8.78. The number of sulfonamides is 1. The predicted octanol–water partition coefficient (Wildman–Crippen LogP) is 2.94. The molecule has 0 spiro atoms. The fraction of sp³-hybridized carbons (Fsp3) is 0.316. The molecule has 0 aromatic heterocycles. The van der Waals surface area contributed by atoms with Crippen LogP contribution in [0.4, 0.5) is 18.9 Å². The largest absolute Gasteiger partial charge is 0.416 e. The molecule has 0 bridgehead atoms. The Hall–Kier alpha value is -2.59. The van der Waals surface area contributed by atoms with Gasteiger partial charge in [0.05, 0.1) is 29.0 Å². The summed E-state index contributed by atoms with van der Waals surface area (Å²) >= 11 is 0. The van der Waals surface area contributed by atoms with Gasteiger partial charge in [0, 0.05) is 5.69 Å². The highest BCUT2D eigenvalue weighted by Crippen LogP contribution is 2.30. The van der Waals surface area contributed by atoms with Gasteiger partial charge >= 0.3 is 6.18 Å². The van der Waals surface area contributed by atoms with Crippen molar-refractivity contribution < 1.29 is 31.5 Å². The third kappa shape index (κ3) is 6.47. The van der Waals surface area contributed by atoms with Crippen molar-refractivity contribution in [1.29, 1.82) is 0 Å². The van der Waals surface area contributed by atoms with Crippen molar-refractivity contribution in [3.8, 4) is 0 Å². The monoisotopic (exact) mass is 430 g/mol. The van der Waals surface area contributed by atoms with Gasteiger partial charge in [-0.1, -0.05) is 18.2 Å². The van der Waals surface area contributed by atoms with Crippen LogP contribution in [0.2, 0.25) is 0 Å². The van der Waals surface area contributed by atoms with E-state index in [1.54, 1.807) is 13.8 Å². The number of alkyl halides is 3. The second kappa shape index (κ2) is 8.42. The van der Waals surface area contributed by atoms with Crippen LogP contribution in [-0.4, -0.2) is 31.6 Å². The highest BCUT2D eigenvalue weighted by atomic mass is 32.2. The van der Waals surface area contributed by atoms with Crippen LogP contribution >= 0.6 is 0 Å². The van der Waals surface area contributed by atoms with Gasteiger partial charge in [-0.15, -0.1) is 0 Å². The number of carbonyl (C=O) groups excluding carboxylic acids is 1. The lowest BCUT2D eigenvalue weighted by Crippen LogP contribution is -2.46. The third-order valence-corrected chi connectivity index (χ3v) is 5.29. The minimum absolute atomic E-state index is 0.0179. The molecule has 0 saturated heterocycles. The lowest BCUT2D eigenvalue weighted by molar-refractivity contribution is -0.137. The SMILES string of the molecule is CC(C)(CO)NC(=O)Cc1ccc(NS(=O)(=O)c2cccc(C(F)(F)F)c2)cc1. The van der Waals surface area contributed by atoms with E-state index in [4.69, 9.17) is 5.11 Å². The summed E-state index contributed by atoms with van der Waals surface area (Å²) < 4.78 is 65.3. The van der Waals surface area contributed by atoms with Crippen LogP contribution in [0.25, 0.3) is 0 Å². The molecular formula is C19H21F3N2O4S. The Bertz CT molecular complexity index is 972. The molecule has 0 unspecified atom stereocenters. The number of rotatable bonds is 7. The maximum atomic E-state index is 12.8. The van der Waals surface area contributed by atoms with Crippen molar-refractivity contribution in [3.05, 3.63) is 59.7 Å². The lowest BCUT2D eigenvalue weighted by Gasteiger charge is -2.23. The van der Waals surface area contributed by atoms with Gasteiger partial charge in [-0.25, -0.2) is 8.42 Å². The van der Waals surface area contributed by atoms with Gasteiger partial charge in [-0.3, -0.25) is 9.52 Å². The number of aliphatic hydroxyl groups excluding tert-OH is 1. The van der Waals surface area contributed by atoms with E-state index in [9.17, 15) is 26.4 Å². The van der Waals surface area contributed by atoms with E-state index in [0.29, 0.717) is 11.6 Å². The van der Waals surface area contributed by atoms with Crippen molar-refractivity contribution in [1.82, 2.24) is 5.32 Å². The highest BCUT2D eigenvalue weighted by molar-refractivity contribution is 7.92. The second-order valence-electron chi connectivity index (χ2n) is 7.09. The van der Waals surface area contributed by atoms with Gasteiger partial charge in [0.2, 0.25) is 5.91 Å². The Balaban J connectivity index is 2.10. The first-order valence-corrected chi connectivity index (χ1v) is 10.0. The van der Waals surface area contributed by atoms with Crippen LogP contribution in [0.3, 0.4) is 0 Å². The quantitative estimate of drug-likeness (QED) is 0.630. The summed E-state index contributed by atoms with van der Waals surface area (Å²) in [6.45, 7) is 3.10. The maximum Gasteiger partial charge on any atom is 0.416 e. The molecule has 0 aliphatic carbocycles. The number of amides is 1. The van der Waals surface area contributed by atoms with Crippen LogP contribution < -0.4 is 10.0 Å². The number of nitrogens with one attached hydrogen (secondary N) is 2. The molecule has 1 amide bonds. The van der Waals surface area contributed by atoms with E-state index in [-0.39, 0.29) is 24.6 Å². The van der Waals surface area contributed by atoms with E-state index < -0.39 is 32.2 Å². The number of hydrogen-bond acceptors (Lipinski definition) is 4. The van der Waals surface area contributed by atoms with Gasteiger partial charge < -0.3 is 10.4 Å². The number of benzene rings is 2. The number of aliphatic hydroxyl groups is 1. The fourth-order valence-electron chi connectivity index (χ4n) is 2.39. The summed E-state index contributed by atoms with van der Waals surface area (Å²) in [7, 11) is -4.22. The van der Waals surface area contributed by atoms with E-state index in [1.807, 2.05) is 0 Å². The molecule has 2 aromatic carbocycles. The zero-order valence-electron chi connectivity index (χ0n) is 15.7. The Morgan fingerprint density at radius 2 is 1.69 bits per heavy atom. The van der Waals surface area contributed by atoms with E-state index in [2.05, 4.69) is 10.0 Å². The first-order valence-electron chi connectivity index (χ1n) is 8.53. The van der Waals surface area contributed by atoms with Gasteiger partial charge in [-0.05, 0) is 49.7 Å². The fourth-order valence-corrected chi connectivity index (χ4v) is 3.49. The number of halogens is 3. The Morgan fingerprint density at radius 1 is 1.07 bits per heavy atom. The van der Waals surface area contributed by atoms with Crippen LogP contribution in [0.5, 0.6) is 0 Å². The average Bonchev–Trinajstić information content (AvgIpc) is 2.62. The standard InChI is InChI=1S/C19H21F3N2O4S/c1-18(2,12-25)23-17(26)10-13-6-8-15(9-7-13)24-29(27,28)16-5-3-4-14(11-16)19(20,21)22/h3-9,11,24-25H,10,12H2,1-2H3,(H,23,26). The molecule has 3 N–H and O–H groups in total. The maximum absolute atomic E-state index is 12.8. The summed E-state index contributed by atoms with van der Waals surface area (Å²) in [5.41, 5.74) is -1.09. The molecule has 6 nitrogen and oxygen atoms in total. The molecule has 0 atom stereocenters. The summed E-state index contributed by atoms with van der Waals surface area (Å²) in [6.07, 6.45) is -4.64. The molecular weight excluding hydrogens is 409 g/mol. The molecule has 29 heavy (non-hydrogen) atoms. The van der Waals surface area contributed by atoms with Crippen LogP contribution in [0.15, 0.2) is 53.4 Å². The van der Waals surface area contributed by atoms with Gasteiger partial charge in [-0.2, -0.15) is 13.2 Å². The predicted molar refractivity (Wildman–Crippen MR) is 102 cm³/mol. The van der Waals surface area contributed by atoms with Crippen molar-refractivity contribution >= 4 is 21.6 Å². The zero-order valence-corrected chi connectivity index (χ0v) is 16.6. The molecule has 2 rings (SSSR count). The molecule has 0 aliphatic heterocycles. The van der Waals surface area contributed by atoms with E-state index in [1.165, 1.54) is 24.3 Å². The van der Waals surface area contributed by atoms with Crippen LogP contribution in [0.1, 0.15) is 25.0 Å². The summed E-state index contributed by atoms with van der Waals surface area (Å²) in [4.78, 5) is 11.5. The van der Waals surface area contributed by atoms with Crippen molar-refractivity contribution in [3.63, 3.8) is 0 Å². The smallest absolute Gasteiger partial charge is 0.394 e. The summed E-state index contributed by atoms with van der Waals surface area (Å²) in [5.74, 6) is -0.318. The normalized spacial score (nSPS) is 12.5. The molecule has 0 saturated carbocycles. The van der Waals surface area contributed by atoms with Crippen molar-refractivity contribution in [2.24, 2.45) is 0 Å². The highest BCUT2D eigenvalue weighted by Gasteiger charge is 2.31. The molecule has 2 aromatic rings. The minimum Gasteiger partial charge on any atom is -0.394 e. The number of anilines is 1. The first-order chi connectivity index (χ1) is 13.3. The van der Waals surface area contributed by atoms with Gasteiger partial charge in [0.15, 0.2) is 0 Å². The molecule has 10 heteroatoms. The molecule has 0 radical (unpaired) electrons. The molecule has 0 aliphatic rings. The van der Waals surface area contributed by atoms with Gasteiger partial charge in [0.25, 0.3) is 10.0 Å². The average molecular weight is 430 g/mol. The molecule has 158 valence electrons. The van der Waals surface area contributed by atoms with Crippen molar-refractivity contribution in [2.45, 2.75) is 36.9 Å². The summed E-state index contributed by atoms with van der Waals surface area (Å²) in [5, 5.41) is 11.8. The van der Waals surface area contributed by atoms with E-state index >= 15 is 0 Å². The van der Waals surface area contributed by atoms with E-state index in [0.717, 1.165) is 18.2 Å². The van der Waals surface area contributed by atoms with Crippen molar-refractivity contribution in [2.75, 3.05) is 11.3 Å². The zero-order chi connectivity index (χ0) is 21.9. The Morgan fingerprint density at radius 3 is 2.24 bits per heavy atom. The minimum atomic E-state index is -4.65. The first kappa shape index (κ1) is 22.7. The molecule has 0 fully saturated rings. The topological polar surface area (TPSA) is 95.5 Å². The molecule has 0 heterocycles. The summed E-state index contributed by atoms with van der Waals surface area (Å²) in [6, 6.07) is 9.30. The number of carbonyl (C=O) groups is 1. The lowest BCUT2D eigenvalue weighted by atomic mass is 10.1. The number of hydrogen-bond donors (Lipinski definition) is 3. The van der Waals surface area contributed by atoms with Crippen LogP contribution in [-0.2, 0) is 27.4 Å². The Kier molecular flexibility index (Phi) is 6.59. The third-order valence-electron chi connectivity index (χ3n) is 3.92. The van der Waals surface area contributed by atoms with Crippen LogP contribution in [0, 0.1) is 0 Å². The van der Waals surface area contributed by atoms with Gasteiger partial charge in [0.1, 0.15) is 0 Å². The Labute approximate surface area is 166 Å².